The van der Waals surface area contributed by atoms with Crippen LogP contribution in [0.15, 0.2) is 11.6 Å². The number of aliphatic carboxylic acids is 2. The fraction of sp³-hybridized carbons (Fsp3) is 0.879. The molecule has 0 radical (unpaired) electrons. The van der Waals surface area contributed by atoms with Crippen LogP contribution < -0.4 is 0 Å². The summed E-state index contributed by atoms with van der Waals surface area (Å²) in [6.07, 6.45) is 28.5. The second-order valence-electron chi connectivity index (χ2n) is 11.7. The van der Waals surface area contributed by atoms with Gasteiger partial charge < -0.3 is 20.4 Å². The zero-order valence-electron chi connectivity index (χ0n) is 25.3. The molecule has 0 saturated heterocycles. The van der Waals surface area contributed by atoms with Crippen LogP contribution in [-0.2, 0) is 9.59 Å². The largest absolute Gasteiger partial charge is 0.481 e. The van der Waals surface area contributed by atoms with Crippen LogP contribution in [0, 0.1) is 0 Å². The lowest BCUT2D eigenvalue weighted by molar-refractivity contribution is -0.137. The van der Waals surface area contributed by atoms with Gasteiger partial charge in [-0.1, -0.05) is 141 Å². The Kier molecular flexibility index (Phi) is 25.8. The molecular weight excluding hydrogens is 492 g/mol. The van der Waals surface area contributed by atoms with Crippen LogP contribution >= 0.6 is 0 Å². The van der Waals surface area contributed by atoms with Crippen molar-refractivity contribution in [2.45, 2.75) is 179 Å². The zero-order chi connectivity index (χ0) is 29.0. The summed E-state index contributed by atoms with van der Waals surface area (Å²) in [6, 6.07) is 0. The quantitative estimate of drug-likeness (QED) is 0.0520. The van der Waals surface area contributed by atoms with Crippen LogP contribution in [0.3, 0.4) is 0 Å². The lowest BCUT2D eigenvalue weighted by atomic mass is 9.91. The monoisotopic (exact) mass is 554 g/mol. The normalized spacial score (nSPS) is 13.5. The number of aliphatic hydroxyl groups is 2. The van der Waals surface area contributed by atoms with E-state index in [9.17, 15) is 24.9 Å². The molecule has 6 heteroatoms. The minimum atomic E-state index is -1.25. The Morgan fingerprint density at radius 1 is 0.590 bits per heavy atom. The van der Waals surface area contributed by atoms with E-state index in [0.29, 0.717) is 18.4 Å². The third kappa shape index (κ3) is 25.3. The molecule has 1 unspecified atom stereocenters. The van der Waals surface area contributed by atoms with Crippen molar-refractivity contribution < 1.29 is 30.0 Å². The van der Waals surface area contributed by atoms with E-state index in [1.807, 2.05) is 0 Å². The van der Waals surface area contributed by atoms with Crippen molar-refractivity contribution in [2.75, 3.05) is 6.61 Å². The topological polar surface area (TPSA) is 115 Å². The SMILES string of the molecule is CCCCCCCCCCCCCCC/C(=C\CC(O)(CO)CCCCCCCCCCCC(=O)O)C(=O)O. The average molecular weight is 555 g/mol. The molecule has 1 atom stereocenters. The van der Waals surface area contributed by atoms with Gasteiger partial charge in [0.1, 0.15) is 0 Å². The van der Waals surface area contributed by atoms with Crippen LogP contribution in [0.5, 0.6) is 0 Å². The molecule has 0 bridgehead atoms. The van der Waals surface area contributed by atoms with Crippen molar-refractivity contribution in [1.82, 2.24) is 0 Å². The first kappa shape index (κ1) is 37.6. The maximum atomic E-state index is 11.7. The highest BCUT2D eigenvalue weighted by Crippen LogP contribution is 2.23. The van der Waals surface area contributed by atoms with Gasteiger partial charge >= 0.3 is 11.9 Å². The van der Waals surface area contributed by atoms with Gasteiger partial charge in [-0.25, -0.2) is 4.79 Å². The van der Waals surface area contributed by atoms with Crippen molar-refractivity contribution >= 4 is 11.9 Å². The van der Waals surface area contributed by atoms with Gasteiger partial charge in [-0.3, -0.25) is 4.79 Å². The zero-order valence-corrected chi connectivity index (χ0v) is 25.3. The number of carbonyl (C=O) groups is 2. The highest BCUT2D eigenvalue weighted by molar-refractivity contribution is 5.86. The summed E-state index contributed by atoms with van der Waals surface area (Å²) in [6.45, 7) is 1.90. The molecule has 0 amide bonds. The molecule has 0 fully saturated rings. The number of carboxylic acid groups (broad SMARTS) is 2. The van der Waals surface area contributed by atoms with Crippen molar-refractivity contribution in [2.24, 2.45) is 0 Å². The highest BCUT2D eigenvalue weighted by Gasteiger charge is 2.25. The molecule has 0 saturated carbocycles. The molecular formula is C33H62O6. The van der Waals surface area contributed by atoms with E-state index >= 15 is 0 Å². The van der Waals surface area contributed by atoms with Gasteiger partial charge in [-0.2, -0.15) is 0 Å². The maximum absolute atomic E-state index is 11.7. The first-order chi connectivity index (χ1) is 18.8. The van der Waals surface area contributed by atoms with Gasteiger partial charge in [-0.05, 0) is 32.1 Å². The van der Waals surface area contributed by atoms with Gasteiger partial charge in [0.15, 0.2) is 0 Å². The molecule has 6 nitrogen and oxygen atoms in total. The smallest absolute Gasteiger partial charge is 0.331 e. The van der Waals surface area contributed by atoms with Crippen LogP contribution in [0.1, 0.15) is 174 Å². The van der Waals surface area contributed by atoms with E-state index in [0.717, 1.165) is 77.0 Å². The molecule has 4 N–H and O–H groups in total. The summed E-state index contributed by atoms with van der Waals surface area (Å²) < 4.78 is 0. The Morgan fingerprint density at radius 2 is 0.974 bits per heavy atom. The second kappa shape index (κ2) is 26.8. The van der Waals surface area contributed by atoms with E-state index < -0.39 is 17.5 Å². The summed E-state index contributed by atoms with van der Waals surface area (Å²) in [5.41, 5.74) is -0.894. The Balaban J connectivity index is 3.94. The van der Waals surface area contributed by atoms with Crippen LogP contribution in [0.4, 0.5) is 0 Å². The summed E-state index contributed by atoms with van der Waals surface area (Å²) >= 11 is 0. The van der Waals surface area contributed by atoms with Crippen molar-refractivity contribution in [3.63, 3.8) is 0 Å². The van der Waals surface area contributed by atoms with Gasteiger partial charge in [0.2, 0.25) is 0 Å². The minimum absolute atomic E-state index is 0.180. The third-order valence-corrected chi connectivity index (χ3v) is 7.88. The summed E-state index contributed by atoms with van der Waals surface area (Å²) in [7, 11) is 0. The lowest BCUT2D eigenvalue weighted by Gasteiger charge is -2.24. The second-order valence-corrected chi connectivity index (χ2v) is 11.7. The standard InChI is InChI=1S/C33H62O6/c1-2-3-4-5-6-7-8-9-10-12-15-18-21-24-30(32(37)38)26-28-33(39,29-34)27-23-20-17-14-11-13-16-19-22-25-31(35)36/h26,34,39H,2-25,27-29H2,1H3,(H,35,36)(H,37,38)/b30-26+. The molecule has 0 aromatic heterocycles. The Labute approximate surface area is 239 Å². The molecule has 0 heterocycles. The predicted molar refractivity (Wildman–Crippen MR) is 161 cm³/mol. The molecule has 0 rings (SSSR count). The molecule has 0 aliphatic rings. The van der Waals surface area contributed by atoms with Gasteiger partial charge in [0.05, 0.1) is 12.2 Å². The van der Waals surface area contributed by atoms with Gasteiger partial charge in [-0.15, -0.1) is 0 Å². The fourth-order valence-electron chi connectivity index (χ4n) is 5.16. The number of hydrogen-bond acceptors (Lipinski definition) is 4. The fourth-order valence-corrected chi connectivity index (χ4v) is 5.16. The van der Waals surface area contributed by atoms with Crippen LogP contribution in [0.2, 0.25) is 0 Å². The summed E-state index contributed by atoms with van der Waals surface area (Å²) in [5.74, 6) is -1.64. The molecule has 0 aliphatic heterocycles. The van der Waals surface area contributed by atoms with Gasteiger partial charge in [0, 0.05) is 12.0 Å². The summed E-state index contributed by atoms with van der Waals surface area (Å²) in [4.78, 5) is 22.2. The van der Waals surface area contributed by atoms with E-state index in [-0.39, 0.29) is 19.4 Å². The van der Waals surface area contributed by atoms with Gasteiger partial charge in [0.25, 0.3) is 0 Å². The molecule has 0 spiro atoms. The van der Waals surface area contributed by atoms with Crippen molar-refractivity contribution in [3.8, 4) is 0 Å². The molecule has 39 heavy (non-hydrogen) atoms. The number of aliphatic hydroxyl groups excluding tert-OH is 1. The van der Waals surface area contributed by atoms with Crippen LogP contribution in [-0.4, -0.2) is 44.6 Å². The summed E-state index contributed by atoms with van der Waals surface area (Å²) in [5, 5.41) is 38.7. The molecule has 0 aliphatic carbocycles. The Hall–Kier alpha value is -1.40. The molecule has 0 aromatic carbocycles. The average Bonchev–Trinajstić information content (AvgIpc) is 2.91. The number of hydrogen-bond donors (Lipinski definition) is 4. The van der Waals surface area contributed by atoms with Crippen molar-refractivity contribution in [1.29, 1.82) is 0 Å². The van der Waals surface area contributed by atoms with Crippen LogP contribution in [0.25, 0.3) is 0 Å². The molecule has 230 valence electrons. The van der Waals surface area contributed by atoms with E-state index in [4.69, 9.17) is 5.11 Å². The minimum Gasteiger partial charge on any atom is -0.481 e. The molecule has 0 aromatic rings. The number of unbranched alkanes of at least 4 members (excludes halogenated alkanes) is 20. The third-order valence-electron chi connectivity index (χ3n) is 7.88. The first-order valence-corrected chi connectivity index (χ1v) is 16.3. The first-order valence-electron chi connectivity index (χ1n) is 16.3. The lowest BCUT2D eigenvalue weighted by Crippen LogP contribution is -2.32. The Bertz CT molecular complexity index is 617. The van der Waals surface area contributed by atoms with E-state index in [2.05, 4.69) is 6.92 Å². The van der Waals surface area contributed by atoms with E-state index in [1.165, 1.54) is 64.2 Å². The van der Waals surface area contributed by atoms with Crippen molar-refractivity contribution in [3.05, 3.63) is 11.6 Å². The number of carboxylic acids is 2. The maximum Gasteiger partial charge on any atom is 0.331 e. The predicted octanol–water partition coefficient (Wildman–Crippen LogP) is 8.97. The van der Waals surface area contributed by atoms with E-state index in [1.54, 1.807) is 6.08 Å². The highest BCUT2D eigenvalue weighted by atomic mass is 16.4. The number of rotatable bonds is 30. The Morgan fingerprint density at radius 3 is 1.36 bits per heavy atom.